The normalized spacial score (nSPS) is 11.2. The number of carbonyl (C=O) groups is 1. The molecule has 17 heavy (non-hydrogen) atoms. The molecule has 1 rings (SSSR count). The molecule has 7 heteroatoms. The molecule has 1 aromatic carbocycles. The van der Waals surface area contributed by atoms with E-state index in [4.69, 9.17) is 10.8 Å². The van der Waals surface area contributed by atoms with Gasteiger partial charge in [0.1, 0.15) is 0 Å². The van der Waals surface area contributed by atoms with E-state index in [2.05, 4.69) is 4.72 Å². The van der Waals surface area contributed by atoms with Crippen LogP contribution in [-0.2, 0) is 27.8 Å². The Morgan fingerprint density at radius 3 is 2.59 bits per heavy atom. The molecule has 0 radical (unpaired) electrons. The standard InChI is InChI=1S/C10H14N2O4S/c1-17(15,16)12-9-4-7(6-13)2-3-8(9)5-10(11)14/h2-4,12-13H,5-6H2,1H3,(H2,11,14). The van der Waals surface area contributed by atoms with Gasteiger partial charge in [0.05, 0.1) is 25.0 Å². The number of hydrogen-bond acceptors (Lipinski definition) is 4. The average molecular weight is 258 g/mol. The summed E-state index contributed by atoms with van der Waals surface area (Å²) in [6.45, 7) is -0.213. The van der Waals surface area contributed by atoms with Crippen LogP contribution in [0.25, 0.3) is 0 Å². The van der Waals surface area contributed by atoms with Crippen LogP contribution in [0.4, 0.5) is 5.69 Å². The van der Waals surface area contributed by atoms with Crippen molar-refractivity contribution in [3.63, 3.8) is 0 Å². The van der Waals surface area contributed by atoms with E-state index in [-0.39, 0.29) is 18.7 Å². The van der Waals surface area contributed by atoms with Crippen LogP contribution >= 0.6 is 0 Å². The summed E-state index contributed by atoms with van der Waals surface area (Å²) in [5.41, 5.74) is 6.34. The lowest BCUT2D eigenvalue weighted by atomic mass is 10.1. The van der Waals surface area contributed by atoms with E-state index in [1.165, 1.54) is 6.07 Å². The highest BCUT2D eigenvalue weighted by Gasteiger charge is 2.10. The Hall–Kier alpha value is -1.60. The molecule has 1 aromatic rings. The minimum atomic E-state index is -3.44. The smallest absolute Gasteiger partial charge is 0.229 e. The predicted octanol–water partition coefficient (Wildman–Crippen LogP) is -0.422. The number of aliphatic hydroxyl groups excluding tert-OH is 1. The second-order valence-electron chi connectivity index (χ2n) is 3.67. The van der Waals surface area contributed by atoms with Gasteiger partial charge < -0.3 is 10.8 Å². The molecule has 0 atom stereocenters. The van der Waals surface area contributed by atoms with E-state index in [9.17, 15) is 13.2 Å². The zero-order chi connectivity index (χ0) is 13.1. The molecule has 6 nitrogen and oxygen atoms in total. The van der Waals surface area contributed by atoms with Crippen LogP contribution < -0.4 is 10.5 Å². The Bertz CT molecular complexity index is 525. The summed E-state index contributed by atoms with van der Waals surface area (Å²) in [6.07, 6.45) is 0.941. The molecule has 0 saturated carbocycles. The zero-order valence-corrected chi connectivity index (χ0v) is 10.1. The number of nitrogens with two attached hydrogens (primary N) is 1. The van der Waals surface area contributed by atoms with Gasteiger partial charge in [0.25, 0.3) is 0 Å². The second kappa shape index (κ2) is 5.15. The summed E-state index contributed by atoms with van der Waals surface area (Å²) in [4.78, 5) is 10.8. The van der Waals surface area contributed by atoms with Gasteiger partial charge in [0, 0.05) is 0 Å². The summed E-state index contributed by atoms with van der Waals surface area (Å²) in [5, 5.41) is 8.96. The highest BCUT2D eigenvalue weighted by atomic mass is 32.2. The van der Waals surface area contributed by atoms with Gasteiger partial charge >= 0.3 is 0 Å². The first-order chi connectivity index (χ1) is 7.81. The van der Waals surface area contributed by atoms with Crippen molar-refractivity contribution in [1.82, 2.24) is 0 Å². The van der Waals surface area contributed by atoms with Crippen LogP contribution in [0.15, 0.2) is 18.2 Å². The van der Waals surface area contributed by atoms with Crippen LogP contribution in [0.3, 0.4) is 0 Å². The number of nitrogens with one attached hydrogen (secondary N) is 1. The molecule has 0 spiro atoms. The Morgan fingerprint density at radius 2 is 2.12 bits per heavy atom. The highest BCUT2D eigenvalue weighted by Crippen LogP contribution is 2.19. The molecular weight excluding hydrogens is 244 g/mol. The zero-order valence-electron chi connectivity index (χ0n) is 9.30. The van der Waals surface area contributed by atoms with Crippen LogP contribution in [0.2, 0.25) is 0 Å². The molecule has 94 valence electrons. The SMILES string of the molecule is CS(=O)(=O)Nc1cc(CO)ccc1CC(N)=O. The van der Waals surface area contributed by atoms with Crippen molar-refractivity contribution in [3.8, 4) is 0 Å². The topological polar surface area (TPSA) is 109 Å². The van der Waals surface area contributed by atoms with E-state index in [0.29, 0.717) is 11.1 Å². The number of primary amides is 1. The van der Waals surface area contributed by atoms with Crippen molar-refractivity contribution >= 4 is 21.6 Å². The number of sulfonamides is 1. The molecular formula is C10H14N2O4S. The van der Waals surface area contributed by atoms with Gasteiger partial charge in [-0.05, 0) is 17.2 Å². The van der Waals surface area contributed by atoms with Crippen LogP contribution in [-0.4, -0.2) is 25.7 Å². The van der Waals surface area contributed by atoms with Crippen molar-refractivity contribution < 1.29 is 18.3 Å². The van der Waals surface area contributed by atoms with Crippen LogP contribution in [0, 0.1) is 0 Å². The summed E-state index contributed by atoms with van der Waals surface area (Å²) in [7, 11) is -3.44. The molecule has 0 aliphatic rings. The average Bonchev–Trinajstić information content (AvgIpc) is 2.17. The largest absolute Gasteiger partial charge is 0.392 e. The lowest BCUT2D eigenvalue weighted by Gasteiger charge is -2.11. The predicted molar refractivity (Wildman–Crippen MR) is 63.7 cm³/mol. The number of anilines is 1. The number of carbonyl (C=O) groups excluding carboxylic acids is 1. The molecule has 1 amide bonds. The Balaban J connectivity index is 3.15. The van der Waals surface area contributed by atoms with E-state index < -0.39 is 15.9 Å². The molecule has 0 unspecified atom stereocenters. The number of hydrogen-bond donors (Lipinski definition) is 3. The van der Waals surface area contributed by atoms with Crippen molar-refractivity contribution in [2.75, 3.05) is 11.0 Å². The molecule has 4 N–H and O–H groups in total. The van der Waals surface area contributed by atoms with E-state index in [1.54, 1.807) is 12.1 Å². The van der Waals surface area contributed by atoms with E-state index in [0.717, 1.165) is 6.26 Å². The summed E-state index contributed by atoms with van der Waals surface area (Å²) >= 11 is 0. The fraction of sp³-hybridized carbons (Fsp3) is 0.300. The molecule has 0 fully saturated rings. The van der Waals surface area contributed by atoms with Gasteiger partial charge in [0.2, 0.25) is 15.9 Å². The van der Waals surface area contributed by atoms with Gasteiger partial charge in [-0.1, -0.05) is 12.1 Å². The van der Waals surface area contributed by atoms with Crippen molar-refractivity contribution in [2.45, 2.75) is 13.0 Å². The monoisotopic (exact) mass is 258 g/mol. The molecule has 0 bridgehead atoms. The molecule has 0 aliphatic carbocycles. The first kappa shape index (κ1) is 13.5. The van der Waals surface area contributed by atoms with E-state index in [1.807, 2.05) is 0 Å². The third kappa shape index (κ3) is 4.41. The molecule has 0 saturated heterocycles. The summed E-state index contributed by atoms with van der Waals surface area (Å²) in [6, 6.07) is 4.63. The molecule has 0 aliphatic heterocycles. The number of aliphatic hydroxyl groups is 1. The first-order valence-electron chi connectivity index (χ1n) is 4.80. The van der Waals surface area contributed by atoms with Crippen LogP contribution in [0.1, 0.15) is 11.1 Å². The maximum absolute atomic E-state index is 11.1. The lowest BCUT2D eigenvalue weighted by Crippen LogP contribution is -2.17. The quantitative estimate of drug-likeness (QED) is 0.666. The molecule has 0 aromatic heterocycles. The highest BCUT2D eigenvalue weighted by molar-refractivity contribution is 7.92. The van der Waals surface area contributed by atoms with Gasteiger partial charge in [-0.15, -0.1) is 0 Å². The first-order valence-corrected chi connectivity index (χ1v) is 6.69. The Kier molecular flexibility index (Phi) is 4.08. The van der Waals surface area contributed by atoms with Crippen LogP contribution in [0.5, 0.6) is 0 Å². The Morgan fingerprint density at radius 1 is 1.47 bits per heavy atom. The van der Waals surface area contributed by atoms with Crippen molar-refractivity contribution in [3.05, 3.63) is 29.3 Å². The van der Waals surface area contributed by atoms with E-state index >= 15 is 0 Å². The molecule has 0 heterocycles. The number of rotatable bonds is 5. The maximum atomic E-state index is 11.1. The fourth-order valence-corrected chi connectivity index (χ4v) is 1.95. The third-order valence-electron chi connectivity index (χ3n) is 2.02. The number of benzene rings is 1. The summed E-state index contributed by atoms with van der Waals surface area (Å²) < 4.78 is 24.6. The number of amides is 1. The third-order valence-corrected chi connectivity index (χ3v) is 2.61. The van der Waals surface area contributed by atoms with Gasteiger partial charge in [-0.3, -0.25) is 9.52 Å². The van der Waals surface area contributed by atoms with Gasteiger partial charge in [-0.2, -0.15) is 0 Å². The maximum Gasteiger partial charge on any atom is 0.229 e. The second-order valence-corrected chi connectivity index (χ2v) is 5.42. The van der Waals surface area contributed by atoms with Gasteiger partial charge in [-0.25, -0.2) is 8.42 Å². The minimum absolute atomic E-state index is 0.0659. The van der Waals surface area contributed by atoms with Crippen molar-refractivity contribution in [2.24, 2.45) is 5.73 Å². The summed E-state index contributed by atoms with van der Waals surface area (Å²) in [5.74, 6) is -0.557. The minimum Gasteiger partial charge on any atom is -0.392 e. The lowest BCUT2D eigenvalue weighted by molar-refractivity contribution is -0.117. The van der Waals surface area contributed by atoms with Gasteiger partial charge in [0.15, 0.2) is 0 Å². The fourth-order valence-electron chi connectivity index (χ4n) is 1.36. The van der Waals surface area contributed by atoms with Crippen molar-refractivity contribution in [1.29, 1.82) is 0 Å². The Labute approximate surface area is 99.5 Å².